The van der Waals surface area contributed by atoms with E-state index in [0.717, 1.165) is 43.9 Å². The molecule has 0 aliphatic carbocycles. The molecule has 2 amide bonds. The van der Waals surface area contributed by atoms with Crippen molar-refractivity contribution >= 4 is 17.4 Å². The summed E-state index contributed by atoms with van der Waals surface area (Å²) < 4.78 is 0. The Bertz CT molecular complexity index is 507. The van der Waals surface area contributed by atoms with Gasteiger partial charge in [0.1, 0.15) is 0 Å². The first-order valence-corrected chi connectivity index (χ1v) is 8.52. The number of carbonyl (C=O) groups is 1. The molecule has 0 bridgehead atoms. The molecule has 1 aromatic carbocycles. The molecule has 1 saturated heterocycles. The lowest BCUT2D eigenvalue weighted by atomic mass is 10.0. The quantitative estimate of drug-likeness (QED) is 0.877. The first-order valence-electron chi connectivity index (χ1n) is 8.52. The van der Waals surface area contributed by atoms with Crippen LogP contribution >= 0.6 is 0 Å². The smallest absolute Gasteiger partial charge is 0.319 e. The van der Waals surface area contributed by atoms with E-state index in [4.69, 9.17) is 0 Å². The molecule has 0 saturated carbocycles. The van der Waals surface area contributed by atoms with Gasteiger partial charge in [0.2, 0.25) is 0 Å². The molecule has 128 valence electrons. The zero-order valence-electron chi connectivity index (χ0n) is 14.8. The highest BCUT2D eigenvalue weighted by atomic mass is 16.2. The molecule has 0 radical (unpaired) electrons. The summed E-state index contributed by atoms with van der Waals surface area (Å²) in [5.41, 5.74) is 1.85. The number of anilines is 2. The standard InChI is InChI=1S/C18H30N4O/c1-14(2)13-22-11-9-15(10-12-22)19-18(23)20-16-7-5-6-8-17(16)21(3)4/h5-8,14-15H,9-13H2,1-4H3,(H2,19,20,23). The maximum Gasteiger partial charge on any atom is 0.319 e. The van der Waals surface area contributed by atoms with Crippen LogP contribution in [0.5, 0.6) is 0 Å². The van der Waals surface area contributed by atoms with Crippen LogP contribution in [0.1, 0.15) is 26.7 Å². The molecule has 5 heteroatoms. The lowest BCUT2D eigenvalue weighted by molar-refractivity contribution is 0.180. The number of para-hydroxylation sites is 2. The molecule has 1 fully saturated rings. The minimum Gasteiger partial charge on any atom is -0.376 e. The van der Waals surface area contributed by atoms with Crippen molar-refractivity contribution in [3.05, 3.63) is 24.3 Å². The molecule has 1 heterocycles. The van der Waals surface area contributed by atoms with Gasteiger partial charge in [-0.15, -0.1) is 0 Å². The summed E-state index contributed by atoms with van der Waals surface area (Å²) in [5.74, 6) is 0.699. The summed E-state index contributed by atoms with van der Waals surface area (Å²) >= 11 is 0. The Morgan fingerprint density at radius 2 is 1.91 bits per heavy atom. The van der Waals surface area contributed by atoms with E-state index in [1.807, 2.05) is 43.3 Å². The van der Waals surface area contributed by atoms with Crippen molar-refractivity contribution in [2.24, 2.45) is 5.92 Å². The topological polar surface area (TPSA) is 47.6 Å². The number of benzene rings is 1. The van der Waals surface area contributed by atoms with Crippen LogP contribution in [0, 0.1) is 5.92 Å². The van der Waals surface area contributed by atoms with Gasteiger partial charge in [-0.05, 0) is 30.9 Å². The fraction of sp³-hybridized carbons (Fsp3) is 0.611. The molecule has 2 rings (SSSR count). The van der Waals surface area contributed by atoms with Gasteiger partial charge in [-0.3, -0.25) is 0 Å². The van der Waals surface area contributed by atoms with Crippen molar-refractivity contribution in [2.75, 3.05) is 43.9 Å². The van der Waals surface area contributed by atoms with E-state index in [9.17, 15) is 4.79 Å². The highest BCUT2D eigenvalue weighted by molar-refractivity contribution is 5.93. The first-order chi connectivity index (χ1) is 11.0. The van der Waals surface area contributed by atoms with E-state index >= 15 is 0 Å². The molecule has 0 atom stereocenters. The van der Waals surface area contributed by atoms with Crippen molar-refractivity contribution in [1.29, 1.82) is 0 Å². The van der Waals surface area contributed by atoms with E-state index in [0.29, 0.717) is 5.92 Å². The Kier molecular flexibility index (Phi) is 6.28. The molecule has 23 heavy (non-hydrogen) atoms. The molecule has 0 unspecified atom stereocenters. The van der Waals surface area contributed by atoms with Gasteiger partial charge in [-0.1, -0.05) is 26.0 Å². The number of likely N-dealkylation sites (tertiary alicyclic amines) is 1. The Hall–Kier alpha value is -1.75. The summed E-state index contributed by atoms with van der Waals surface area (Å²) in [6.07, 6.45) is 2.05. The van der Waals surface area contributed by atoms with E-state index < -0.39 is 0 Å². The molecule has 1 aliphatic rings. The fourth-order valence-corrected chi connectivity index (χ4v) is 3.09. The second-order valence-corrected chi connectivity index (χ2v) is 6.98. The van der Waals surface area contributed by atoms with Crippen LogP contribution in [-0.4, -0.2) is 50.7 Å². The van der Waals surface area contributed by atoms with Crippen LogP contribution in [0.15, 0.2) is 24.3 Å². The van der Waals surface area contributed by atoms with Gasteiger partial charge in [0.15, 0.2) is 0 Å². The molecule has 5 nitrogen and oxygen atoms in total. The number of nitrogens with one attached hydrogen (secondary N) is 2. The Morgan fingerprint density at radius 3 is 2.52 bits per heavy atom. The van der Waals surface area contributed by atoms with E-state index in [1.54, 1.807) is 0 Å². The average Bonchev–Trinajstić information content (AvgIpc) is 2.49. The van der Waals surface area contributed by atoms with Crippen LogP contribution < -0.4 is 15.5 Å². The lowest BCUT2D eigenvalue weighted by Crippen LogP contribution is -2.46. The molecule has 0 aromatic heterocycles. The van der Waals surface area contributed by atoms with Crippen molar-refractivity contribution in [3.8, 4) is 0 Å². The molecule has 1 aliphatic heterocycles. The number of nitrogens with zero attached hydrogens (tertiary/aromatic N) is 2. The van der Waals surface area contributed by atoms with Gasteiger partial charge in [0, 0.05) is 39.8 Å². The Balaban J connectivity index is 1.82. The van der Waals surface area contributed by atoms with Gasteiger partial charge in [0.05, 0.1) is 11.4 Å². The average molecular weight is 318 g/mol. The van der Waals surface area contributed by atoms with Crippen LogP contribution in [0.3, 0.4) is 0 Å². The monoisotopic (exact) mass is 318 g/mol. The van der Waals surface area contributed by atoms with Crippen molar-refractivity contribution in [1.82, 2.24) is 10.2 Å². The SMILES string of the molecule is CC(C)CN1CCC(NC(=O)Nc2ccccc2N(C)C)CC1. The number of hydrogen-bond acceptors (Lipinski definition) is 3. The normalized spacial score (nSPS) is 16.4. The molecule has 1 aromatic rings. The van der Waals surface area contributed by atoms with Gasteiger partial charge in [0.25, 0.3) is 0 Å². The number of amides is 2. The summed E-state index contributed by atoms with van der Waals surface area (Å²) in [5, 5.41) is 6.09. The Morgan fingerprint density at radius 1 is 1.26 bits per heavy atom. The number of piperidine rings is 1. The number of carbonyl (C=O) groups excluding carboxylic acids is 1. The second kappa shape index (κ2) is 8.20. The molecule has 0 spiro atoms. The number of hydrogen-bond donors (Lipinski definition) is 2. The minimum absolute atomic E-state index is 0.110. The summed E-state index contributed by atoms with van der Waals surface area (Å²) in [6.45, 7) is 7.78. The predicted molar refractivity (Wildman–Crippen MR) is 97.2 cm³/mol. The zero-order valence-corrected chi connectivity index (χ0v) is 14.8. The summed E-state index contributed by atoms with van der Waals surface area (Å²) in [4.78, 5) is 16.7. The van der Waals surface area contributed by atoms with Crippen LogP contribution in [0.25, 0.3) is 0 Å². The molecular formula is C18H30N4O. The highest BCUT2D eigenvalue weighted by Gasteiger charge is 2.21. The maximum absolute atomic E-state index is 12.3. The maximum atomic E-state index is 12.3. The van der Waals surface area contributed by atoms with Gasteiger partial charge < -0.3 is 20.4 Å². The molecular weight excluding hydrogens is 288 g/mol. The van der Waals surface area contributed by atoms with E-state index in [2.05, 4.69) is 29.4 Å². The summed E-state index contributed by atoms with van der Waals surface area (Å²) in [6, 6.07) is 8.00. The lowest BCUT2D eigenvalue weighted by Gasteiger charge is -2.33. The first kappa shape index (κ1) is 17.6. The largest absolute Gasteiger partial charge is 0.376 e. The van der Waals surface area contributed by atoms with E-state index in [1.165, 1.54) is 0 Å². The number of urea groups is 1. The van der Waals surface area contributed by atoms with Crippen molar-refractivity contribution in [3.63, 3.8) is 0 Å². The van der Waals surface area contributed by atoms with Gasteiger partial charge in [-0.25, -0.2) is 4.79 Å². The third kappa shape index (κ3) is 5.43. The van der Waals surface area contributed by atoms with Crippen molar-refractivity contribution in [2.45, 2.75) is 32.7 Å². The minimum atomic E-state index is -0.110. The third-order valence-electron chi connectivity index (χ3n) is 4.18. The third-order valence-corrected chi connectivity index (χ3v) is 4.18. The van der Waals surface area contributed by atoms with Crippen molar-refractivity contribution < 1.29 is 4.79 Å². The van der Waals surface area contributed by atoms with Gasteiger partial charge in [-0.2, -0.15) is 0 Å². The van der Waals surface area contributed by atoms with Crippen LogP contribution in [0.4, 0.5) is 16.2 Å². The van der Waals surface area contributed by atoms with Gasteiger partial charge >= 0.3 is 6.03 Å². The van der Waals surface area contributed by atoms with Crippen LogP contribution in [0.2, 0.25) is 0 Å². The number of rotatable bonds is 5. The second-order valence-electron chi connectivity index (χ2n) is 6.98. The summed E-state index contributed by atoms with van der Waals surface area (Å²) in [7, 11) is 3.95. The zero-order chi connectivity index (χ0) is 16.8. The Labute approximate surface area is 140 Å². The molecule has 2 N–H and O–H groups in total. The predicted octanol–water partition coefficient (Wildman–Crippen LogP) is 2.99. The van der Waals surface area contributed by atoms with Crippen LogP contribution in [-0.2, 0) is 0 Å². The highest BCUT2D eigenvalue weighted by Crippen LogP contribution is 2.23. The fourth-order valence-electron chi connectivity index (χ4n) is 3.09. The van der Waals surface area contributed by atoms with E-state index in [-0.39, 0.29) is 12.1 Å².